The first-order valence-corrected chi connectivity index (χ1v) is 28.6. The molecule has 0 aliphatic rings. The van der Waals surface area contributed by atoms with Crippen LogP contribution >= 0.6 is 0 Å². The van der Waals surface area contributed by atoms with Crippen LogP contribution in [0.2, 0.25) is 0 Å². The largest absolute Gasteiger partial charge is 0.507 e. The van der Waals surface area contributed by atoms with E-state index in [1.54, 1.807) is 24.3 Å². The Labute approximate surface area is 470 Å². The Kier molecular flexibility index (Phi) is 12.2. The number of phenolic OH excluding ortho intramolecular Hbond substituents is 2. The highest BCUT2D eigenvalue weighted by Crippen LogP contribution is 2.47. The molecule has 81 heavy (non-hydrogen) atoms. The molecule has 0 aliphatic carbocycles. The first kappa shape index (κ1) is 49.0. The highest BCUT2D eigenvalue weighted by Gasteiger charge is 2.27. The van der Waals surface area contributed by atoms with Gasteiger partial charge in [-0.1, -0.05) is 243 Å². The fraction of sp³-hybridized carbons (Fsp3) is 0. The minimum Gasteiger partial charge on any atom is -0.507 e. The third-order valence-electron chi connectivity index (χ3n) is 15.9. The van der Waals surface area contributed by atoms with Crippen molar-refractivity contribution in [2.24, 2.45) is 0 Å². The standard InChI is InChI=1S/C76H50O4S/c77-75-71(57-29-9-25-53(41-57)67-37-13-21-49-17-1-5-33-63(49)67)45-61(46-72(75)58-30-10-26-54(42-58)68-38-14-22-50-18-2-6-34-64(50)68)81(79,80)62-47-73(59-31-11-27-55(43-59)69-39-15-23-51-19-3-7-35-65(51)69)76(78)74(48-62)60-32-12-28-56(44-60)70-40-16-24-52-20-4-8-36-66(52)70/h1-48,77-78H. The Morgan fingerprint density at radius 1 is 0.210 bits per heavy atom. The minimum atomic E-state index is -4.48. The van der Waals surface area contributed by atoms with Gasteiger partial charge in [0, 0.05) is 22.3 Å². The number of phenols is 2. The molecule has 0 spiro atoms. The SMILES string of the molecule is O=S(=O)(c1cc(-c2cccc(-c3cccc4ccccc34)c2)c(O)c(-c2cccc(-c3cccc4ccccc34)c2)c1)c1cc(-c2cccc(-c3cccc4ccccc34)c2)c(O)c(-c2cccc(-c3cccc4ccccc34)c2)c1. The molecule has 14 rings (SSSR count). The summed E-state index contributed by atoms with van der Waals surface area (Å²) in [5.74, 6) is -0.108. The number of fused-ring (bicyclic) bond motifs is 4. The Morgan fingerprint density at radius 3 is 0.654 bits per heavy atom. The van der Waals surface area contributed by atoms with Crippen LogP contribution in [-0.4, -0.2) is 18.6 Å². The van der Waals surface area contributed by atoms with Gasteiger partial charge in [0.2, 0.25) is 9.84 Å². The molecule has 0 aliphatic heterocycles. The van der Waals surface area contributed by atoms with Crippen LogP contribution in [0.3, 0.4) is 0 Å². The quantitative estimate of drug-likeness (QED) is 0.143. The van der Waals surface area contributed by atoms with Crippen molar-refractivity contribution < 1.29 is 18.6 Å². The van der Waals surface area contributed by atoms with E-state index in [-0.39, 0.29) is 21.3 Å². The molecule has 14 aromatic rings. The van der Waals surface area contributed by atoms with E-state index in [9.17, 15) is 10.2 Å². The Bertz CT molecular complexity index is 4330. The monoisotopic (exact) mass is 1060 g/mol. The van der Waals surface area contributed by atoms with Gasteiger partial charge in [0.05, 0.1) is 9.79 Å². The summed E-state index contributed by atoms with van der Waals surface area (Å²) in [6, 6.07) is 95.9. The molecule has 0 fully saturated rings. The first-order chi connectivity index (χ1) is 39.7. The maximum absolute atomic E-state index is 16.2. The highest BCUT2D eigenvalue weighted by molar-refractivity contribution is 7.91. The molecular weight excluding hydrogens is 1010 g/mol. The van der Waals surface area contributed by atoms with Crippen molar-refractivity contribution >= 4 is 52.9 Å². The van der Waals surface area contributed by atoms with Crippen LogP contribution in [-0.2, 0) is 9.84 Å². The molecule has 0 atom stereocenters. The lowest BCUT2D eigenvalue weighted by molar-refractivity contribution is 0.478. The molecule has 2 N–H and O–H groups in total. The second-order valence-corrected chi connectivity index (χ2v) is 22.6. The molecule has 0 saturated carbocycles. The summed E-state index contributed by atoms with van der Waals surface area (Å²) in [5, 5.41) is 34.3. The number of sulfone groups is 1. The fourth-order valence-corrected chi connectivity index (χ4v) is 13.2. The average Bonchev–Trinajstić information content (AvgIpc) is 3.70. The van der Waals surface area contributed by atoms with E-state index in [4.69, 9.17) is 0 Å². The Balaban J connectivity index is 0.985. The van der Waals surface area contributed by atoms with Crippen molar-refractivity contribution in [1.29, 1.82) is 0 Å². The van der Waals surface area contributed by atoms with Gasteiger partial charge in [0.1, 0.15) is 11.5 Å². The number of hydrogen-bond acceptors (Lipinski definition) is 4. The van der Waals surface area contributed by atoms with E-state index in [2.05, 4.69) is 97.1 Å². The summed E-state index contributed by atoms with van der Waals surface area (Å²) in [6.45, 7) is 0. The Hall–Kier alpha value is -10.3. The predicted molar refractivity (Wildman–Crippen MR) is 335 cm³/mol. The van der Waals surface area contributed by atoms with E-state index >= 15 is 8.42 Å². The summed E-state index contributed by atoms with van der Waals surface area (Å²) in [6.07, 6.45) is 0. The Morgan fingerprint density at radius 2 is 0.407 bits per heavy atom. The zero-order valence-electron chi connectivity index (χ0n) is 43.8. The number of benzene rings is 14. The van der Waals surface area contributed by atoms with Crippen LogP contribution in [0.1, 0.15) is 0 Å². The maximum Gasteiger partial charge on any atom is 0.206 e. The third-order valence-corrected chi connectivity index (χ3v) is 17.6. The average molecular weight is 1060 g/mol. The van der Waals surface area contributed by atoms with Gasteiger partial charge in [-0.2, -0.15) is 0 Å². The van der Waals surface area contributed by atoms with Crippen LogP contribution in [0.25, 0.3) is 132 Å². The zero-order valence-corrected chi connectivity index (χ0v) is 44.6. The smallest absolute Gasteiger partial charge is 0.206 e. The minimum absolute atomic E-state index is 0.0203. The molecule has 0 bridgehead atoms. The van der Waals surface area contributed by atoms with Gasteiger partial charge in [-0.15, -0.1) is 0 Å². The van der Waals surface area contributed by atoms with Gasteiger partial charge in [0.15, 0.2) is 0 Å². The van der Waals surface area contributed by atoms with Gasteiger partial charge >= 0.3 is 0 Å². The van der Waals surface area contributed by atoms with Crippen LogP contribution in [0.5, 0.6) is 11.5 Å². The maximum atomic E-state index is 16.2. The summed E-state index contributed by atoms with van der Waals surface area (Å²) in [5.41, 5.74) is 11.7. The van der Waals surface area contributed by atoms with Crippen molar-refractivity contribution in [3.63, 3.8) is 0 Å². The van der Waals surface area contributed by atoms with Gasteiger partial charge in [0.25, 0.3) is 0 Å². The van der Waals surface area contributed by atoms with E-state index in [0.717, 1.165) is 87.6 Å². The third kappa shape index (κ3) is 8.87. The lowest BCUT2D eigenvalue weighted by atomic mass is 9.92. The zero-order chi connectivity index (χ0) is 54.6. The van der Waals surface area contributed by atoms with Crippen molar-refractivity contribution in [2.45, 2.75) is 9.79 Å². The van der Waals surface area contributed by atoms with Crippen molar-refractivity contribution in [1.82, 2.24) is 0 Å². The summed E-state index contributed by atoms with van der Waals surface area (Å²) < 4.78 is 32.3. The topological polar surface area (TPSA) is 74.6 Å². The van der Waals surface area contributed by atoms with Crippen LogP contribution in [0, 0.1) is 0 Å². The molecule has 0 heterocycles. The number of hydrogen-bond donors (Lipinski definition) is 2. The van der Waals surface area contributed by atoms with Gasteiger partial charge < -0.3 is 10.2 Å². The van der Waals surface area contributed by atoms with E-state index < -0.39 is 9.84 Å². The summed E-state index contributed by atoms with van der Waals surface area (Å²) in [7, 11) is -4.48. The summed E-state index contributed by atoms with van der Waals surface area (Å²) in [4.78, 5) is -0.0407. The molecule has 384 valence electrons. The number of aromatic hydroxyl groups is 2. The summed E-state index contributed by atoms with van der Waals surface area (Å²) >= 11 is 0. The van der Waals surface area contributed by atoms with Gasteiger partial charge in [-0.05, 0) is 158 Å². The lowest BCUT2D eigenvalue weighted by Crippen LogP contribution is -2.04. The van der Waals surface area contributed by atoms with E-state index in [0.29, 0.717) is 44.5 Å². The predicted octanol–water partition coefficient (Wildman–Crippen LogP) is 19.9. The van der Waals surface area contributed by atoms with Gasteiger partial charge in [-0.25, -0.2) is 8.42 Å². The molecule has 0 saturated heterocycles. The molecule has 0 radical (unpaired) electrons. The van der Waals surface area contributed by atoms with Crippen molar-refractivity contribution in [3.05, 3.63) is 291 Å². The molecule has 14 aromatic carbocycles. The molecule has 5 heteroatoms. The van der Waals surface area contributed by atoms with Crippen molar-refractivity contribution in [3.8, 4) is 101 Å². The molecule has 0 amide bonds. The second-order valence-electron chi connectivity index (χ2n) is 20.7. The normalized spacial score (nSPS) is 11.7. The second kappa shape index (κ2) is 20.2. The first-order valence-electron chi connectivity index (χ1n) is 27.1. The molecular formula is C76H50O4S. The number of rotatable bonds is 10. The molecule has 4 nitrogen and oxygen atoms in total. The van der Waals surface area contributed by atoms with E-state index in [1.165, 1.54) is 0 Å². The molecule has 0 aromatic heterocycles. The van der Waals surface area contributed by atoms with Crippen LogP contribution in [0.4, 0.5) is 0 Å². The lowest BCUT2D eigenvalue weighted by Gasteiger charge is -2.18. The van der Waals surface area contributed by atoms with E-state index in [1.807, 2.05) is 170 Å². The highest BCUT2D eigenvalue weighted by atomic mass is 32.2. The fourth-order valence-electron chi connectivity index (χ4n) is 11.9. The van der Waals surface area contributed by atoms with Crippen LogP contribution in [0.15, 0.2) is 301 Å². The van der Waals surface area contributed by atoms with Gasteiger partial charge in [-0.3, -0.25) is 0 Å². The molecule has 0 unspecified atom stereocenters. The van der Waals surface area contributed by atoms with Crippen molar-refractivity contribution in [2.75, 3.05) is 0 Å². The van der Waals surface area contributed by atoms with Crippen LogP contribution < -0.4 is 0 Å².